The summed E-state index contributed by atoms with van der Waals surface area (Å²) in [5.74, 6) is 2.85. The van der Waals surface area contributed by atoms with Crippen molar-refractivity contribution in [3.8, 4) is 11.5 Å². The molecule has 0 bridgehead atoms. The number of methoxy groups -OCH3 is 1. The van der Waals surface area contributed by atoms with Crippen LogP contribution in [0.25, 0.3) is 0 Å². The molecule has 6 nitrogen and oxygen atoms in total. The molecular weight excluding hydrogens is 492 g/mol. The topological polar surface area (TPSA) is 61.5 Å². The quantitative estimate of drug-likeness (QED) is 0.158. The largest absolute Gasteiger partial charge is 0.493 e. The first kappa shape index (κ1) is 25.8. The molecule has 0 radical (unpaired) electrons. The second-order valence-corrected chi connectivity index (χ2v) is 9.66. The fourth-order valence-electron chi connectivity index (χ4n) is 3.64. The molecule has 8 heteroatoms. The van der Waals surface area contributed by atoms with E-state index in [2.05, 4.69) is 42.2 Å². The summed E-state index contributed by atoms with van der Waals surface area (Å²) in [4.78, 5) is 0. The van der Waals surface area contributed by atoms with Gasteiger partial charge in [0.15, 0.2) is 17.3 Å². The van der Waals surface area contributed by atoms with E-state index in [1.54, 1.807) is 25.1 Å². The number of ether oxygens (including phenoxy) is 2. The molecule has 0 saturated heterocycles. The molecule has 186 valence electrons. The SMILES string of the molecule is CCCc1nnc(SCc2ccc(Cl)cc2)n1/N=C/c1cccc(OC)c1OCc1cccc(C)c1. The van der Waals surface area contributed by atoms with Gasteiger partial charge < -0.3 is 9.47 Å². The predicted octanol–water partition coefficient (Wildman–Crippen LogP) is 6.95. The minimum absolute atomic E-state index is 0.429. The molecule has 4 rings (SSSR count). The van der Waals surface area contributed by atoms with Gasteiger partial charge in [0.1, 0.15) is 6.61 Å². The normalized spacial score (nSPS) is 11.2. The molecule has 36 heavy (non-hydrogen) atoms. The maximum atomic E-state index is 6.22. The third-order valence-electron chi connectivity index (χ3n) is 5.44. The van der Waals surface area contributed by atoms with E-state index in [0.29, 0.717) is 18.1 Å². The Morgan fingerprint density at radius 3 is 2.58 bits per heavy atom. The second-order valence-electron chi connectivity index (χ2n) is 8.28. The van der Waals surface area contributed by atoms with Crippen LogP contribution in [0.3, 0.4) is 0 Å². The number of thioether (sulfide) groups is 1. The summed E-state index contributed by atoms with van der Waals surface area (Å²) in [5, 5.41) is 15.0. The summed E-state index contributed by atoms with van der Waals surface area (Å²) >= 11 is 7.60. The van der Waals surface area contributed by atoms with Crippen LogP contribution in [-0.4, -0.2) is 28.2 Å². The van der Waals surface area contributed by atoms with Gasteiger partial charge in [0, 0.05) is 22.8 Å². The molecule has 0 aliphatic rings. The lowest BCUT2D eigenvalue weighted by Crippen LogP contribution is -2.03. The van der Waals surface area contributed by atoms with Crippen LogP contribution in [0.4, 0.5) is 0 Å². The van der Waals surface area contributed by atoms with Crippen LogP contribution in [0.15, 0.2) is 77.0 Å². The van der Waals surface area contributed by atoms with Crippen molar-refractivity contribution >= 4 is 29.6 Å². The lowest BCUT2D eigenvalue weighted by atomic mass is 10.1. The third kappa shape index (κ3) is 6.68. The Morgan fingerprint density at radius 1 is 1.03 bits per heavy atom. The number of halogens is 1. The van der Waals surface area contributed by atoms with Gasteiger partial charge in [-0.3, -0.25) is 0 Å². The average molecular weight is 521 g/mol. The van der Waals surface area contributed by atoms with E-state index < -0.39 is 0 Å². The Morgan fingerprint density at radius 2 is 1.83 bits per heavy atom. The van der Waals surface area contributed by atoms with E-state index in [4.69, 9.17) is 26.2 Å². The smallest absolute Gasteiger partial charge is 0.212 e. The maximum Gasteiger partial charge on any atom is 0.212 e. The van der Waals surface area contributed by atoms with Gasteiger partial charge in [0.05, 0.1) is 13.3 Å². The minimum atomic E-state index is 0.429. The first-order chi connectivity index (χ1) is 17.6. The van der Waals surface area contributed by atoms with E-state index in [9.17, 15) is 0 Å². The zero-order valence-electron chi connectivity index (χ0n) is 20.6. The number of benzene rings is 3. The Labute approximate surface area is 221 Å². The molecule has 0 saturated carbocycles. The summed E-state index contributed by atoms with van der Waals surface area (Å²) < 4.78 is 13.6. The first-order valence-corrected chi connectivity index (χ1v) is 13.1. The molecule has 0 fully saturated rings. The molecular formula is C28H29ClN4O2S. The summed E-state index contributed by atoms with van der Waals surface area (Å²) in [6, 6.07) is 21.8. The Bertz CT molecular complexity index is 1320. The highest BCUT2D eigenvalue weighted by atomic mass is 35.5. The number of hydrogen-bond acceptors (Lipinski definition) is 6. The average Bonchev–Trinajstić information content (AvgIpc) is 3.27. The van der Waals surface area contributed by atoms with Gasteiger partial charge in [0.2, 0.25) is 5.16 Å². The van der Waals surface area contributed by atoms with Crippen molar-refractivity contribution in [2.75, 3.05) is 7.11 Å². The molecule has 0 aliphatic heterocycles. The Kier molecular flexibility index (Phi) is 9.03. The van der Waals surface area contributed by atoms with E-state index in [0.717, 1.165) is 51.3 Å². The van der Waals surface area contributed by atoms with Gasteiger partial charge in [-0.2, -0.15) is 9.78 Å². The number of hydrogen-bond donors (Lipinski definition) is 0. The van der Waals surface area contributed by atoms with Crippen LogP contribution in [0, 0.1) is 6.92 Å². The number of nitrogens with zero attached hydrogens (tertiary/aromatic N) is 4. The van der Waals surface area contributed by atoms with E-state index in [-0.39, 0.29) is 0 Å². The zero-order chi connectivity index (χ0) is 25.3. The van der Waals surface area contributed by atoms with Crippen molar-refractivity contribution < 1.29 is 9.47 Å². The van der Waals surface area contributed by atoms with E-state index in [1.165, 1.54) is 5.56 Å². The van der Waals surface area contributed by atoms with Crippen molar-refractivity contribution in [1.82, 2.24) is 14.9 Å². The minimum Gasteiger partial charge on any atom is -0.493 e. The summed E-state index contributed by atoms with van der Waals surface area (Å²) in [5.41, 5.74) is 4.25. The van der Waals surface area contributed by atoms with Crippen LogP contribution in [-0.2, 0) is 18.8 Å². The van der Waals surface area contributed by atoms with Gasteiger partial charge in [-0.1, -0.05) is 78.3 Å². The molecule has 3 aromatic carbocycles. The number of aryl methyl sites for hydroxylation is 2. The summed E-state index contributed by atoms with van der Waals surface area (Å²) in [7, 11) is 1.64. The Balaban J connectivity index is 1.58. The monoisotopic (exact) mass is 520 g/mol. The number of aromatic nitrogens is 3. The molecule has 1 heterocycles. The molecule has 4 aromatic rings. The summed E-state index contributed by atoms with van der Waals surface area (Å²) in [6.07, 6.45) is 3.50. The van der Waals surface area contributed by atoms with E-state index in [1.807, 2.05) is 53.2 Å². The fraction of sp³-hybridized carbons (Fsp3) is 0.250. The van der Waals surface area contributed by atoms with Gasteiger partial charge in [-0.05, 0) is 48.7 Å². The maximum absolute atomic E-state index is 6.22. The lowest BCUT2D eigenvalue weighted by molar-refractivity contribution is 0.284. The van der Waals surface area contributed by atoms with Crippen LogP contribution in [0.2, 0.25) is 5.02 Å². The van der Waals surface area contributed by atoms with Gasteiger partial charge in [-0.25, -0.2) is 0 Å². The molecule has 0 unspecified atom stereocenters. The van der Waals surface area contributed by atoms with Crippen LogP contribution in [0.1, 0.15) is 41.4 Å². The molecule has 0 spiro atoms. The van der Waals surface area contributed by atoms with Crippen molar-refractivity contribution in [3.63, 3.8) is 0 Å². The molecule has 0 N–H and O–H groups in total. The van der Waals surface area contributed by atoms with Crippen LogP contribution < -0.4 is 9.47 Å². The molecule has 0 amide bonds. The number of rotatable bonds is 11. The van der Waals surface area contributed by atoms with Crippen LogP contribution in [0.5, 0.6) is 11.5 Å². The van der Waals surface area contributed by atoms with Crippen molar-refractivity contribution in [1.29, 1.82) is 0 Å². The van der Waals surface area contributed by atoms with E-state index >= 15 is 0 Å². The van der Waals surface area contributed by atoms with Gasteiger partial charge >= 0.3 is 0 Å². The van der Waals surface area contributed by atoms with Crippen molar-refractivity contribution in [2.45, 2.75) is 44.2 Å². The second kappa shape index (κ2) is 12.6. The third-order valence-corrected chi connectivity index (χ3v) is 6.68. The van der Waals surface area contributed by atoms with Crippen molar-refractivity contribution in [2.24, 2.45) is 5.10 Å². The Hall–Kier alpha value is -3.29. The lowest BCUT2D eigenvalue weighted by Gasteiger charge is -2.13. The highest BCUT2D eigenvalue weighted by Crippen LogP contribution is 2.31. The fourth-order valence-corrected chi connectivity index (χ4v) is 4.62. The predicted molar refractivity (Wildman–Crippen MR) is 147 cm³/mol. The van der Waals surface area contributed by atoms with Gasteiger partial charge in [0.25, 0.3) is 0 Å². The van der Waals surface area contributed by atoms with Crippen molar-refractivity contribution in [3.05, 3.63) is 99.8 Å². The van der Waals surface area contributed by atoms with Crippen LogP contribution >= 0.6 is 23.4 Å². The highest BCUT2D eigenvalue weighted by molar-refractivity contribution is 7.98. The standard InChI is InChI=1S/C28H29ClN4O2S/c1-4-7-26-31-32-28(36-19-21-12-14-24(29)15-13-21)33(26)30-17-23-10-6-11-25(34-3)27(23)35-18-22-9-5-8-20(2)16-22/h5-6,8-17H,4,7,18-19H2,1-3H3/b30-17+. The zero-order valence-corrected chi connectivity index (χ0v) is 22.2. The molecule has 0 atom stereocenters. The molecule has 0 aliphatic carbocycles. The highest BCUT2D eigenvalue weighted by Gasteiger charge is 2.14. The first-order valence-electron chi connectivity index (χ1n) is 11.8. The molecule has 1 aromatic heterocycles. The van der Waals surface area contributed by atoms with Gasteiger partial charge in [-0.15, -0.1) is 10.2 Å². The number of para-hydroxylation sites is 1. The summed E-state index contributed by atoms with van der Waals surface area (Å²) in [6.45, 7) is 4.61.